The summed E-state index contributed by atoms with van der Waals surface area (Å²) in [6.45, 7) is 6.11. The van der Waals surface area contributed by atoms with Crippen molar-refractivity contribution >= 4 is 16.9 Å². The number of aromatic amines is 1. The van der Waals surface area contributed by atoms with Crippen LogP contribution in [0.1, 0.15) is 12.1 Å². The summed E-state index contributed by atoms with van der Waals surface area (Å²) < 4.78 is 0. The molecule has 0 saturated carbocycles. The summed E-state index contributed by atoms with van der Waals surface area (Å²) in [5.74, 6) is 0.0323. The Hall–Kier alpha value is -3.70. The number of fused-ring (bicyclic) bond motifs is 1. The maximum atomic E-state index is 12.0. The minimum Gasteiger partial charge on any atom is -0.507 e. The second kappa shape index (κ2) is 8.35. The first-order valence-corrected chi connectivity index (χ1v) is 9.75. The van der Waals surface area contributed by atoms with E-state index in [9.17, 15) is 9.90 Å². The molecule has 8 heteroatoms. The Labute approximate surface area is 174 Å². The summed E-state index contributed by atoms with van der Waals surface area (Å²) in [7, 11) is 0. The molecule has 4 rings (SSSR count). The fraction of sp³-hybridized carbons (Fsp3) is 0.273. The van der Waals surface area contributed by atoms with Gasteiger partial charge in [-0.2, -0.15) is 5.26 Å². The molecule has 2 N–H and O–H groups in total. The molecular formula is C22H22N6O2. The molecule has 3 aromatic rings. The summed E-state index contributed by atoms with van der Waals surface area (Å²) in [4.78, 5) is 19.3. The van der Waals surface area contributed by atoms with Crippen LogP contribution in [0.25, 0.3) is 22.3 Å². The van der Waals surface area contributed by atoms with Crippen molar-refractivity contribution in [3.8, 4) is 23.1 Å². The molecule has 1 atom stereocenters. The van der Waals surface area contributed by atoms with Crippen molar-refractivity contribution in [1.29, 1.82) is 5.26 Å². The molecule has 0 spiro atoms. The van der Waals surface area contributed by atoms with Gasteiger partial charge in [-0.05, 0) is 30.3 Å². The van der Waals surface area contributed by atoms with Crippen molar-refractivity contribution in [2.45, 2.75) is 19.0 Å². The Kier molecular flexibility index (Phi) is 5.46. The number of phenols is 1. The number of aromatic hydroxyl groups is 1. The Bertz CT molecular complexity index is 1130. The molecule has 1 aliphatic heterocycles. The lowest BCUT2D eigenvalue weighted by Gasteiger charge is -2.40. The van der Waals surface area contributed by atoms with Gasteiger partial charge in [-0.15, -0.1) is 10.2 Å². The number of rotatable bonds is 5. The van der Waals surface area contributed by atoms with Gasteiger partial charge in [0.05, 0.1) is 24.2 Å². The second-order valence-corrected chi connectivity index (χ2v) is 7.33. The highest BCUT2D eigenvalue weighted by Crippen LogP contribution is 2.28. The van der Waals surface area contributed by atoms with Gasteiger partial charge in [0.1, 0.15) is 5.75 Å². The quantitative estimate of drug-likeness (QED) is 0.635. The number of para-hydroxylation sites is 1. The maximum Gasteiger partial charge on any atom is 0.246 e. The number of piperazine rings is 1. The third-order valence-corrected chi connectivity index (χ3v) is 5.36. The molecule has 1 saturated heterocycles. The number of aromatic nitrogens is 3. The lowest BCUT2D eigenvalue weighted by Crippen LogP contribution is -2.54. The van der Waals surface area contributed by atoms with Crippen LogP contribution in [-0.4, -0.2) is 61.7 Å². The minimum atomic E-state index is -0.147. The molecule has 0 aliphatic carbocycles. The van der Waals surface area contributed by atoms with Crippen LogP contribution in [0, 0.1) is 11.3 Å². The fourth-order valence-electron chi connectivity index (χ4n) is 3.89. The Balaban J connectivity index is 1.52. The fourth-order valence-corrected chi connectivity index (χ4v) is 3.89. The Morgan fingerprint density at radius 2 is 2.17 bits per heavy atom. The number of carbonyl (C=O) groups is 1. The zero-order valence-corrected chi connectivity index (χ0v) is 16.5. The summed E-state index contributed by atoms with van der Waals surface area (Å²) in [6.07, 6.45) is 1.59. The first kappa shape index (κ1) is 19.6. The van der Waals surface area contributed by atoms with Crippen molar-refractivity contribution in [3.63, 3.8) is 0 Å². The lowest BCUT2D eigenvalue weighted by molar-refractivity contribution is -0.130. The number of phenolic OH excluding ortho intramolecular Hbond substituents is 1. The predicted molar refractivity (Wildman–Crippen MR) is 112 cm³/mol. The molecule has 3 heterocycles. The van der Waals surface area contributed by atoms with E-state index in [1.54, 1.807) is 23.1 Å². The zero-order valence-electron chi connectivity index (χ0n) is 16.5. The van der Waals surface area contributed by atoms with Crippen molar-refractivity contribution in [2.75, 3.05) is 19.6 Å². The van der Waals surface area contributed by atoms with Crippen molar-refractivity contribution in [3.05, 3.63) is 54.7 Å². The van der Waals surface area contributed by atoms with E-state index in [1.807, 2.05) is 18.2 Å². The highest BCUT2D eigenvalue weighted by Gasteiger charge is 2.29. The number of hydrogen-bond donors (Lipinski definition) is 2. The molecule has 0 radical (unpaired) electrons. The summed E-state index contributed by atoms with van der Waals surface area (Å²) in [6, 6.07) is 13.0. The second-order valence-electron chi connectivity index (χ2n) is 7.33. The molecule has 1 amide bonds. The van der Waals surface area contributed by atoms with Gasteiger partial charge in [-0.25, -0.2) is 0 Å². The monoisotopic (exact) mass is 402 g/mol. The smallest absolute Gasteiger partial charge is 0.246 e. The van der Waals surface area contributed by atoms with E-state index in [0.717, 1.165) is 11.1 Å². The molecule has 0 unspecified atom stereocenters. The summed E-state index contributed by atoms with van der Waals surface area (Å²) in [5.41, 5.74) is 2.90. The molecule has 8 nitrogen and oxygen atoms in total. The zero-order chi connectivity index (χ0) is 21.1. The molecule has 152 valence electrons. The van der Waals surface area contributed by atoms with Crippen LogP contribution in [0.2, 0.25) is 0 Å². The van der Waals surface area contributed by atoms with Crippen molar-refractivity contribution < 1.29 is 9.90 Å². The van der Waals surface area contributed by atoms with Crippen LogP contribution >= 0.6 is 0 Å². The summed E-state index contributed by atoms with van der Waals surface area (Å²) >= 11 is 0. The number of benzene rings is 1. The van der Waals surface area contributed by atoms with E-state index in [0.29, 0.717) is 43.1 Å². The predicted octanol–water partition coefficient (Wildman–Crippen LogP) is 2.44. The lowest BCUT2D eigenvalue weighted by atomic mass is 10.1. The molecule has 1 aromatic carbocycles. The van der Waals surface area contributed by atoms with Gasteiger partial charge in [0.15, 0.2) is 5.65 Å². The highest BCUT2D eigenvalue weighted by atomic mass is 16.3. The average molecular weight is 402 g/mol. The van der Waals surface area contributed by atoms with E-state index < -0.39 is 0 Å². The van der Waals surface area contributed by atoms with Crippen LogP contribution < -0.4 is 0 Å². The Morgan fingerprint density at radius 1 is 1.33 bits per heavy atom. The van der Waals surface area contributed by atoms with Crippen molar-refractivity contribution in [1.82, 2.24) is 25.0 Å². The SMILES string of the molecule is C=CC(=O)N1CCN(Cc2cc3cc(-c4ccccc4O)nnc3[nH]2)C[C@@H]1CC#N. The number of amides is 1. The number of nitriles is 1. The van der Waals surface area contributed by atoms with Crippen LogP contribution in [-0.2, 0) is 11.3 Å². The number of carbonyl (C=O) groups excluding carboxylic acids is 1. The summed E-state index contributed by atoms with van der Waals surface area (Å²) in [5, 5.41) is 28.6. The molecular weight excluding hydrogens is 380 g/mol. The normalized spacial score (nSPS) is 17.0. The third-order valence-electron chi connectivity index (χ3n) is 5.36. The molecule has 30 heavy (non-hydrogen) atoms. The molecule has 2 aromatic heterocycles. The molecule has 0 bridgehead atoms. The largest absolute Gasteiger partial charge is 0.507 e. The third kappa shape index (κ3) is 3.88. The van der Waals surface area contributed by atoms with Gasteiger partial charge < -0.3 is 15.0 Å². The van der Waals surface area contributed by atoms with E-state index >= 15 is 0 Å². The first-order chi connectivity index (χ1) is 14.6. The number of H-pyrrole nitrogens is 1. The maximum absolute atomic E-state index is 12.0. The van der Waals surface area contributed by atoms with Crippen LogP contribution in [0.4, 0.5) is 0 Å². The van der Waals surface area contributed by atoms with Gasteiger partial charge >= 0.3 is 0 Å². The average Bonchev–Trinajstić information content (AvgIpc) is 3.15. The highest BCUT2D eigenvalue weighted by molar-refractivity contribution is 5.87. The molecule has 1 fully saturated rings. The number of nitrogens with zero attached hydrogens (tertiary/aromatic N) is 5. The van der Waals surface area contributed by atoms with Crippen LogP contribution in [0.3, 0.4) is 0 Å². The molecule has 1 aliphatic rings. The van der Waals surface area contributed by atoms with Crippen LogP contribution in [0.5, 0.6) is 5.75 Å². The van der Waals surface area contributed by atoms with Gasteiger partial charge in [0.25, 0.3) is 0 Å². The van der Waals surface area contributed by atoms with Gasteiger partial charge in [-0.3, -0.25) is 9.69 Å². The number of hydrogen-bond acceptors (Lipinski definition) is 6. The number of nitrogens with one attached hydrogen (secondary N) is 1. The van der Waals surface area contributed by atoms with Gasteiger partial charge in [0, 0.05) is 42.8 Å². The van der Waals surface area contributed by atoms with E-state index in [-0.39, 0.29) is 24.1 Å². The first-order valence-electron chi connectivity index (χ1n) is 9.75. The van der Waals surface area contributed by atoms with E-state index in [1.165, 1.54) is 6.08 Å². The van der Waals surface area contributed by atoms with Gasteiger partial charge in [-0.1, -0.05) is 18.7 Å². The standard InChI is InChI=1S/C22H22N6O2/c1-2-21(30)28-10-9-27(14-17(28)7-8-23)13-16-11-15-12-19(25-26-22(15)24-16)18-5-3-4-6-20(18)29/h2-6,11-12,17,29H,1,7,9-10,13-14H2,(H,24,26)/t17-/m0/s1. The van der Waals surface area contributed by atoms with E-state index in [2.05, 4.69) is 32.7 Å². The van der Waals surface area contributed by atoms with E-state index in [4.69, 9.17) is 5.26 Å². The van der Waals surface area contributed by atoms with Crippen LogP contribution in [0.15, 0.2) is 49.1 Å². The Morgan fingerprint density at radius 3 is 2.93 bits per heavy atom. The topological polar surface area (TPSA) is 109 Å². The van der Waals surface area contributed by atoms with Gasteiger partial charge in [0.2, 0.25) is 5.91 Å². The minimum absolute atomic E-state index is 0.132. The van der Waals surface area contributed by atoms with Crippen molar-refractivity contribution in [2.24, 2.45) is 0 Å².